The first-order valence-corrected chi connectivity index (χ1v) is 11.8. The maximum atomic E-state index is 13.1. The van der Waals surface area contributed by atoms with Crippen molar-refractivity contribution in [1.82, 2.24) is 19.3 Å². The Morgan fingerprint density at radius 1 is 1.00 bits per heavy atom. The molecule has 0 radical (unpaired) electrons. The molecule has 0 bridgehead atoms. The monoisotopic (exact) mass is 474 g/mol. The third-order valence-electron chi connectivity index (χ3n) is 5.83. The van der Waals surface area contributed by atoms with Crippen LogP contribution in [0.15, 0.2) is 59.8 Å². The van der Waals surface area contributed by atoms with Gasteiger partial charge in [0.1, 0.15) is 0 Å². The van der Waals surface area contributed by atoms with E-state index in [1.54, 1.807) is 12.1 Å². The summed E-state index contributed by atoms with van der Waals surface area (Å²) in [4.78, 5) is 24.8. The molecule has 8 heteroatoms. The second-order valence-electron chi connectivity index (χ2n) is 8.05. The van der Waals surface area contributed by atoms with Crippen molar-refractivity contribution in [2.75, 3.05) is 12.9 Å². The van der Waals surface area contributed by atoms with Gasteiger partial charge in [0, 0.05) is 35.2 Å². The molecule has 2 aromatic heterocycles. The first kappa shape index (κ1) is 23.5. The highest BCUT2D eigenvalue weighted by Crippen LogP contribution is 2.27. The number of aromatic nitrogens is 4. The van der Waals surface area contributed by atoms with E-state index in [0.717, 1.165) is 34.0 Å². The molecule has 0 aliphatic heterocycles. The summed E-state index contributed by atoms with van der Waals surface area (Å²) in [5.41, 5.74) is 5.98. The zero-order valence-electron chi connectivity index (χ0n) is 19.8. The summed E-state index contributed by atoms with van der Waals surface area (Å²) in [5, 5.41) is 9.34. The molecular weight excluding hydrogens is 448 g/mol. The number of ketones is 1. The zero-order chi connectivity index (χ0) is 24.4. The van der Waals surface area contributed by atoms with Crippen LogP contribution >= 0.6 is 11.8 Å². The van der Waals surface area contributed by atoms with Crippen molar-refractivity contribution in [3.8, 4) is 17.1 Å². The number of methoxy groups -OCH3 is 1. The maximum Gasteiger partial charge on any atom is 0.337 e. The third kappa shape index (κ3) is 4.41. The Hall–Kier alpha value is -3.65. The molecule has 174 valence electrons. The van der Waals surface area contributed by atoms with Crippen LogP contribution in [0.5, 0.6) is 0 Å². The molecule has 0 amide bonds. The molecule has 0 saturated heterocycles. The van der Waals surface area contributed by atoms with Gasteiger partial charge < -0.3 is 13.9 Å². The molecule has 0 aliphatic rings. The molecule has 0 unspecified atom stereocenters. The van der Waals surface area contributed by atoms with E-state index in [1.165, 1.54) is 18.9 Å². The first-order valence-electron chi connectivity index (χ1n) is 10.8. The summed E-state index contributed by atoms with van der Waals surface area (Å²) in [6.07, 6.45) is 0. The van der Waals surface area contributed by atoms with Gasteiger partial charge in [0.2, 0.25) is 0 Å². The van der Waals surface area contributed by atoms with E-state index in [0.29, 0.717) is 16.3 Å². The third-order valence-corrected chi connectivity index (χ3v) is 6.85. The Kier molecular flexibility index (Phi) is 6.70. The fraction of sp³-hybridized carbons (Fsp3) is 0.231. The van der Waals surface area contributed by atoms with Crippen molar-refractivity contribution in [3.05, 3.63) is 82.7 Å². The number of carbonyl (C=O) groups is 2. The van der Waals surface area contributed by atoms with Crippen LogP contribution in [0.2, 0.25) is 0 Å². The van der Waals surface area contributed by atoms with Crippen LogP contribution in [0.1, 0.15) is 37.7 Å². The lowest BCUT2D eigenvalue weighted by atomic mass is 10.1. The summed E-state index contributed by atoms with van der Waals surface area (Å²) in [5.74, 6) is 0.679. The molecule has 7 nitrogen and oxygen atoms in total. The van der Waals surface area contributed by atoms with Gasteiger partial charge in [-0.3, -0.25) is 4.79 Å². The highest BCUT2D eigenvalue weighted by atomic mass is 32.2. The number of benzene rings is 2. The molecule has 0 N–H and O–H groups in total. The summed E-state index contributed by atoms with van der Waals surface area (Å²) < 4.78 is 8.70. The van der Waals surface area contributed by atoms with Crippen molar-refractivity contribution in [1.29, 1.82) is 0 Å². The summed E-state index contributed by atoms with van der Waals surface area (Å²) in [6, 6.07) is 17.1. The summed E-state index contributed by atoms with van der Waals surface area (Å²) >= 11 is 1.38. The predicted octanol–water partition coefficient (Wildman–Crippen LogP) is 4.96. The minimum absolute atomic E-state index is 0.0240. The molecule has 0 saturated carbocycles. The highest BCUT2D eigenvalue weighted by molar-refractivity contribution is 7.99. The number of thioether (sulfide) groups is 1. The Morgan fingerprint density at radius 3 is 2.38 bits per heavy atom. The molecule has 0 spiro atoms. The Labute approximate surface area is 202 Å². The maximum absolute atomic E-state index is 13.1. The minimum Gasteiger partial charge on any atom is -0.465 e. The quantitative estimate of drug-likeness (QED) is 0.214. The average Bonchev–Trinajstić information content (AvgIpc) is 3.35. The molecule has 2 heterocycles. The van der Waals surface area contributed by atoms with Crippen molar-refractivity contribution in [2.45, 2.75) is 25.9 Å². The Morgan fingerprint density at radius 2 is 1.71 bits per heavy atom. The SMILES string of the molecule is COC(=O)c1ccc(-n2c(C)cc(C(=O)CSc3nnc(-c4ccccc4C)n3C)c2C)cc1. The molecule has 4 rings (SSSR count). The Balaban J connectivity index is 1.52. The fourth-order valence-electron chi connectivity index (χ4n) is 4.01. The zero-order valence-corrected chi connectivity index (χ0v) is 20.6. The van der Waals surface area contributed by atoms with E-state index in [9.17, 15) is 9.59 Å². The summed E-state index contributed by atoms with van der Waals surface area (Å²) in [6.45, 7) is 5.93. The standard InChI is InChI=1S/C26H26N4O3S/c1-16-8-6-7-9-21(16)24-27-28-26(29(24)4)34-15-23(31)22-14-17(2)30(18(22)3)20-12-10-19(11-13-20)25(32)33-5/h6-14H,15H2,1-5H3. The molecule has 4 aromatic rings. The molecule has 0 aliphatic carbocycles. The number of nitrogens with zero attached hydrogens (tertiary/aromatic N) is 4. The smallest absolute Gasteiger partial charge is 0.337 e. The molecule has 0 atom stereocenters. The average molecular weight is 475 g/mol. The number of Topliss-reactive ketones (excluding diaryl/α,β-unsaturated/α-hetero) is 1. The lowest BCUT2D eigenvalue weighted by Crippen LogP contribution is -2.07. The van der Waals surface area contributed by atoms with Gasteiger partial charge in [-0.2, -0.15) is 0 Å². The van der Waals surface area contributed by atoms with Crippen molar-refractivity contribution >= 4 is 23.5 Å². The number of rotatable bonds is 7. The van der Waals surface area contributed by atoms with Gasteiger partial charge in [-0.25, -0.2) is 4.79 Å². The fourth-order valence-corrected chi connectivity index (χ4v) is 4.81. The van der Waals surface area contributed by atoms with Crippen molar-refractivity contribution < 1.29 is 14.3 Å². The van der Waals surface area contributed by atoms with Gasteiger partial charge in [-0.15, -0.1) is 10.2 Å². The number of hydrogen-bond acceptors (Lipinski definition) is 6. The minimum atomic E-state index is -0.380. The van der Waals surface area contributed by atoms with Crippen LogP contribution in [0.25, 0.3) is 17.1 Å². The van der Waals surface area contributed by atoms with Crippen LogP contribution in [0, 0.1) is 20.8 Å². The van der Waals surface area contributed by atoms with E-state index in [1.807, 2.05) is 79.4 Å². The molecular formula is C26H26N4O3S. The van der Waals surface area contributed by atoms with Crippen molar-refractivity contribution in [2.24, 2.45) is 7.05 Å². The van der Waals surface area contributed by atoms with Crippen LogP contribution < -0.4 is 0 Å². The van der Waals surface area contributed by atoms with Gasteiger partial charge in [-0.05, 0) is 56.7 Å². The number of carbonyl (C=O) groups excluding carboxylic acids is 2. The second kappa shape index (κ2) is 9.69. The van der Waals surface area contributed by atoms with E-state index in [-0.39, 0.29) is 17.5 Å². The number of ether oxygens (including phenoxy) is 1. The number of hydrogen-bond donors (Lipinski definition) is 0. The van der Waals surface area contributed by atoms with E-state index < -0.39 is 0 Å². The van der Waals surface area contributed by atoms with Crippen LogP contribution in [-0.4, -0.2) is 43.9 Å². The van der Waals surface area contributed by atoms with Gasteiger partial charge in [0.15, 0.2) is 16.8 Å². The molecule has 0 fully saturated rings. The lowest BCUT2D eigenvalue weighted by Gasteiger charge is -2.10. The lowest BCUT2D eigenvalue weighted by molar-refractivity contribution is 0.0600. The van der Waals surface area contributed by atoms with Gasteiger partial charge in [0.25, 0.3) is 0 Å². The van der Waals surface area contributed by atoms with Crippen LogP contribution in [-0.2, 0) is 11.8 Å². The predicted molar refractivity (Wildman–Crippen MR) is 133 cm³/mol. The highest BCUT2D eigenvalue weighted by Gasteiger charge is 2.19. The topological polar surface area (TPSA) is 79.0 Å². The molecule has 2 aromatic carbocycles. The van der Waals surface area contributed by atoms with E-state index in [2.05, 4.69) is 10.2 Å². The van der Waals surface area contributed by atoms with Crippen LogP contribution in [0.4, 0.5) is 0 Å². The van der Waals surface area contributed by atoms with Crippen LogP contribution in [0.3, 0.4) is 0 Å². The van der Waals surface area contributed by atoms with E-state index in [4.69, 9.17) is 4.74 Å². The van der Waals surface area contributed by atoms with Gasteiger partial charge >= 0.3 is 5.97 Å². The number of aryl methyl sites for hydroxylation is 2. The number of esters is 1. The Bertz CT molecular complexity index is 1370. The van der Waals surface area contributed by atoms with Gasteiger partial charge in [0.05, 0.1) is 18.4 Å². The summed E-state index contributed by atoms with van der Waals surface area (Å²) in [7, 11) is 3.27. The van der Waals surface area contributed by atoms with Crippen molar-refractivity contribution in [3.63, 3.8) is 0 Å². The molecule has 34 heavy (non-hydrogen) atoms. The largest absolute Gasteiger partial charge is 0.465 e. The van der Waals surface area contributed by atoms with E-state index >= 15 is 0 Å². The first-order chi connectivity index (χ1) is 16.3. The normalized spacial score (nSPS) is 11.0. The van der Waals surface area contributed by atoms with Gasteiger partial charge in [-0.1, -0.05) is 36.0 Å². The second-order valence-corrected chi connectivity index (χ2v) is 8.99.